The predicted molar refractivity (Wildman–Crippen MR) is 72.7 cm³/mol. The molecular weight excluding hydrogens is 244 g/mol. The topological polar surface area (TPSA) is 125 Å². The van der Waals surface area contributed by atoms with Crippen LogP contribution in [0.5, 0.6) is 0 Å². The average Bonchev–Trinajstić information content (AvgIpc) is 3.00. The SMILES string of the molecule is NCc1cccc(-n2cccn2)c1CN.NNC=O. The van der Waals surface area contributed by atoms with Crippen LogP contribution in [0.3, 0.4) is 0 Å². The lowest BCUT2D eigenvalue weighted by Gasteiger charge is -2.11. The summed E-state index contributed by atoms with van der Waals surface area (Å²) in [4.78, 5) is 8.94. The minimum absolute atomic E-state index is 0.403. The summed E-state index contributed by atoms with van der Waals surface area (Å²) in [5.74, 6) is 4.41. The molecule has 7 nitrogen and oxygen atoms in total. The molecule has 102 valence electrons. The molecule has 0 spiro atoms. The van der Waals surface area contributed by atoms with E-state index in [2.05, 4.69) is 10.9 Å². The van der Waals surface area contributed by atoms with Crippen LogP contribution in [0, 0.1) is 0 Å². The van der Waals surface area contributed by atoms with E-state index in [1.165, 1.54) is 0 Å². The maximum atomic E-state index is 8.94. The number of nitrogens with two attached hydrogens (primary N) is 3. The number of carbonyl (C=O) groups excluding carboxylic acids is 1. The van der Waals surface area contributed by atoms with E-state index in [0.29, 0.717) is 19.5 Å². The molecule has 1 heterocycles. The first-order valence-corrected chi connectivity index (χ1v) is 5.69. The fourth-order valence-corrected chi connectivity index (χ4v) is 1.67. The number of benzene rings is 1. The lowest BCUT2D eigenvalue weighted by Crippen LogP contribution is -2.18. The van der Waals surface area contributed by atoms with E-state index in [9.17, 15) is 0 Å². The molecule has 0 saturated carbocycles. The molecule has 19 heavy (non-hydrogen) atoms. The number of amides is 1. The first-order valence-electron chi connectivity index (χ1n) is 5.69. The van der Waals surface area contributed by atoms with Gasteiger partial charge >= 0.3 is 0 Å². The molecule has 1 amide bonds. The van der Waals surface area contributed by atoms with Gasteiger partial charge in [0.25, 0.3) is 0 Å². The summed E-state index contributed by atoms with van der Waals surface area (Å²) in [6.45, 7) is 0.976. The molecule has 0 aliphatic rings. The minimum atomic E-state index is 0.403. The van der Waals surface area contributed by atoms with Crippen LogP contribution in [0.4, 0.5) is 0 Å². The fraction of sp³-hybridized carbons (Fsp3) is 0.167. The molecule has 2 rings (SSSR count). The molecule has 0 radical (unpaired) electrons. The maximum Gasteiger partial charge on any atom is 0.221 e. The van der Waals surface area contributed by atoms with Crippen molar-refractivity contribution in [1.82, 2.24) is 15.2 Å². The summed E-state index contributed by atoms with van der Waals surface area (Å²) in [7, 11) is 0. The number of nitrogens with one attached hydrogen (secondary N) is 1. The summed E-state index contributed by atoms with van der Waals surface area (Å²) in [5, 5.41) is 4.19. The zero-order valence-electron chi connectivity index (χ0n) is 10.5. The zero-order chi connectivity index (χ0) is 14.1. The van der Waals surface area contributed by atoms with Crippen LogP contribution in [0.25, 0.3) is 5.69 Å². The van der Waals surface area contributed by atoms with Gasteiger partial charge in [-0.05, 0) is 23.3 Å². The third kappa shape index (κ3) is 3.88. The molecule has 0 atom stereocenters. The fourth-order valence-electron chi connectivity index (χ4n) is 1.67. The van der Waals surface area contributed by atoms with Crippen molar-refractivity contribution in [2.75, 3.05) is 0 Å². The highest BCUT2D eigenvalue weighted by atomic mass is 16.1. The number of hydrazine groups is 1. The van der Waals surface area contributed by atoms with Crippen molar-refractivity contribution in [1.29, 1.82) is 0 Å². The van der Waals surface area contributed by atoms with Crippen LogP contribution in [0.2, 0.25) is 0 Å². The van der Waals surface area contributed by atoms with Crippen molar-refractivity contribution in [2.45, 2.75) is 13.1 Å². The van der Waals surface area contributed by atoms with E-state index in [1.54, 1.807) is 16.3 Å². The second-order valence-electron chi connectivity index (χ2n) is 3.56. The number of hydrogen-bond donors (Lipinski definition) is 4. The summed E-state index contributed by atoms with van der Waals surface area (Å²) in [6, 6.07) is 7.84. The summed E-state index contributed by atoms with van der Waals surface area (Å²) < 4.78 is 1.81. The molecule has 7 heteroatoms. The lowest BCUT2D eigenvalue weighted by molar-refractivity contribution is -0.109. The van der Waals surface area contributed by atoms with E-state index in [0.717, 1.165) is 16.8 Å². The van der Waals surface area contributed by atoms with Gasteiger partial charge in [-0.3, -0.25) is 10.2 Å². The predicted octanol–water partition coefficient (Wildman–Crippen LogP) is -0.604. The number of carbonyl (C=O) groups is 1. The van der Waals surface area contributed by atoms with Crippen LogP contribution in [-0.2, 0) is 17.9 Å². The Kier molecular flexibility index (Phi) is 6.23. The van der Waals surface area contributed by atoms with E-state index < -0.39 is 0 Å². The molecular formula is C12H18N6O. The van der Waals surface area contributed by atoms with Gasteiger partial charge in [0.1, 0.15) is 0 Å². The second kappa shape index (κ2) is 7.98. The molecule has 0 unspecified atom stereocenters. The Morgan fingerprint density at radius 2 is 2.00 bits per heavy atom. The summed E-state index contributed by atoms with van der Waals surface area (Å²) in [5.41, 5.74) is 16.3. The van der Waals surface area contributed by atoms with Gasteiger partial charge in [-0.25, -0.2) is 10.5 Å². The van der Waals surface area contributed by atoms with Crippen molar-refractivity contribution >= 4 is 6.41 Å². The van der Waals surface area contributed by atoms with Gasteiger partial charge in [0, 0.05) is 25.5 Å². The number of rotatable bonds is 4. The molecule has 1 aromatic carbocycles. The summed E-state index contributed by atoms with van der Waals surface area (Å²) >= 11 is 0. The highest BCUT2D eigenvalue weighted by Crippen LogP contribution is 2.17. The van der Waals surface area contributed by atoms with Crippen molar-refractivity contribution in [3.8, 4) is 5.69 Å². The standard InChI is InChI=1S/C11H14N4.CH4N2O/c12-7-9-3-1-4-11(10(9)8-13)15-6-2-5-14-15;2-3-1-4/h1-6H,7-8,12-13H2;1H,2H2,(H,3,4). The molecule has 0 aliphatic heterocycles. The highest BCUT2D eigenvalue weighted by Gasteiger charge is 2.07. The first-order chi connectivity index (χ1) is 9.28. The van der Waals surface area contributed by atoms with Gasteiger partial charge < -0.3 is 11.5 Å². The van der Waals surface area contributed by atoms with Gasteiger partial charge in [-0.2, -0.15) is 5.10 Å². The largest absolute Gasteiger partial charge is 0.326 e. The first kappa shape index (κ1) is 14.8. The Bertz CT molecular complexity index is 497. The molecule has 1 aromatic heterocycles. The average molecular weight is 262 g/mol. The third-order valence-corrected chi connectivity index (χ3v) is 2.49. The van der Waals surface area contributed by atoms with Crippen LogP contribution < -0.4 is 22.7 Å². The molecule has 0 fully saturated rings. The molecule has 0 aliphatic carbocycles. The van der Waals surface area contributed by atoms with E-state index >= 15 is 0 Å². The highest BCUT2D eigenvalue weighted by molar-refractivity contribution is 5.45. The Morgan fingerprint density at radius 3 is 2.47 bits per heavy atom. The zero-order valence-corrected chi connectivity index (χ0v) is 10.5. The Balaban J connectivity index is 0.000000399. The summed E-state index contributed by atoms with van der Waals surface area (Å²) in [6.07, 6.45) is 4.05. The second-order valence-corrected chi connectivity index (χ2v) is 3.56. The molecule has 0 saturated heterocycles. The van der Waals surface area contributed by atoms with Crippen molar-refractivity contribution in [2.24, 2.45) is 17.3 Å². The van der Waals surface area contributed by atoms with Gasteiger partial charge in [0.15, 0.2) is 0 Å². The minimum Gasteiger partial charge on any atom is -0.326 e. The Morgan fingerprint density at radius 1 is 1.26 bits per heavy atom. The van der Waals surface area contributed by atoms with Crippen molar-refractivity contribution < 1.29 is 4.79 Å². The van der Waals surface area contributed by atoms with Gasteiger partial charge in [0.05, 0.1) is 5.69 Å². The molecule has 2 aromatic rings. The van der Waals surface area contributed by atoms with Crippen LogP contribution in [0.1, 0.15) is 11.1 Å². The van der Waals surface area contributed by atoms with E-state index in [1.807, 2.05) is 30.5 Å². The van der Waals surface area contributed by atoms with E-state index in [-0.39, 0.29) is 0 Å². The Hall–Kier alpha value is -2.22. The molecule has 0 bridgehead atoms. The molecule has 7 N–H and O–H groups in total. The monoisotopic (exact) mass is 262 g/mol. The van der Waals surface area contributed by atoms with Gasteiger partial charge in [-0.1, -0.05) is 12.1 Å². The van der Waals surface area contributed by atoms with Crippen LogP contribution in [0.15, 0.2) is 36.7 Å². The van der Waals surface area contributed by atoms with Gasteiger partial charge in [-0.15, -0.1) is 0 Å². The van der Waals surface area contributed by atoms with Crippen LogP contribution in [-0.4, -0.2) is 16.2 Å². The smallest absolute Gasteiger partial charge is 0.221 e. The lowest BCUT2D eigenvalue weighted by atomic mass is 10.1. The quantitative estimate of drug-likeness (QED) is 0.253. The van der Waals surface area contributed by atoms with Crippen molar-refractivity contribution in [3.63, 3.8) is 0 Å². The van der Waals surface area contributed by atoms with Gasteiger partial charge in [0.2, 0.25) is 6.41 Å². The van der Waals surface area contributed by atoms with Crippen molar-refractivity contribution in [3.05, 3.63) is 47.8 Å². The number of aromatic nitrogens is 2. The third-order valence-electron chi connectivity index (χ3n) is 2.49. The normalized spacial score (nSPS) is 9.42. The van der Waals surface area contributed by atoms with Crippen LogP contribution >= 0.6 is 0 Å². The number of nitrogens with zero attached hydrogens (tertiary/aromatic N) is 2. The van der Waals surface area contributed by atoms with E-state index in [4.69, 9.17) is 16.3 Å². The number of hydrogen-bond acceptors (Lipinski definition) is 5. The maximum absolute atomic E-state index is 8.94. The Labute approximate surface area is 111 Å².